The van der Waals surface area contributed by atoms with Crippen LogP contribution in [0.3, 0.4) is 0 Å². The quantitative estimate of drug-likeness (QED) is 0.729. The van der Waals surface area contributed by atoms with Gasteiger partial charge in [-0.3, -0.25) is 4.79 Å². The van der Waals surface area contributed by atoms with Crippen LogP contribution in [0.1, 0.15) is 26.7 Å². The van der Waals surface area contributed by atoms with Crippen LogP contribution in [0.25, 0.3) is 0 Å². The molecule has 3 heteroatoms. The number of allylic oxidation sites excluding steroid dienone is 5. The molecule has 1 unspecified atom stereocenters. The highest BCUT2D eigenvalue weighted by Crippen LogP contribution is 2.16. The summed E-state index contributed by atoms with van der Waals surface area (Å²) in [6.07, 6.45) is 8.88. The van der Waals surface area contributed by atoms with Crippen molar-refractivity contribution in [2.45, 2.75) is 32.7 Å². The molecule has 2 N–H and O–H groups in total. The third-order valence-corrected chi connectivity index (χ3v) is 3.24. The summed E-state index contributed by atoms with van der Waals surface area (Å²) in [5.41, 5.74) is 2.81. The zero-order chi connectivity index (χ0) is 15.1. The average Bonchev–Trinajstić information content (AvgIpc) is 2.39. The first-order chi connectivity index (χ1) is 9.47. The Balaban J connectivity index is 2.83. The van der Waals surface area contributed by atoms with Gasteiger partial charge in [-0.15, -0.1) is 0 Å². The minimum atomic E-state index is 0.0339. The van der Waals surface area contributed by atoms with Gasteiger partial charge in [-0.25, -0.2) is 0 Å². The van der Waals surface area contributed by atoms with Gasteiger partial charge in [0.2, 0.25) is 5.91 Å². The fourth-order valence-electron chi connectivity index (χ4n) is 2.02. The highest BCUT2D eigenvalue weighted by atomic mass is 16.1. The number of rotatable bonds is 6. The smallest absolute Gasteiger partial charge is 0.224 e. The molecule has 0 aliphatic carbocycles. The summed E-state index contributed by atoms with van der Waals surface area (Å²) in [6, 6.07) is 0.0501. The zero-order valence-electron chi connectivity index (χ0n) is 12.4. The van der Waals surface area contributed by atoms with E-state index in [0.29, 0.717) is 18.0 Å². The summed E-state index contributed by atoms with van der Waals surface area (Å²) >= 11 is 0. The topological polar surface area (TPSA) is 41.1 Å². The summed E-state index contributed by atoms with van der Waals surface area (Å²) in [4.78, 5) is 11.3. The maximum absolute atomic E-state index is 11.3. The van der Waals surface area contributed by atoms with Gasteiger partial charge in [0, 0.05) is 17.8 Å². The Kier molecular flexibility index (Phi) is 6.04. The lowest BCUT2D eigenvalue weighted by molar-refractivity contribution is -0.121. The SMILES string of the molecule is C=C/C=C(\C=C(/C=C)NC1CCC(=O)NC1=C)C(C)C. The Hall–Kier alpha value is -2.03. The van der Waals surface area contributed by atoms with E-state index in [1.54, 1.807) is 12.2 Å². The monoisotopic (exact) mass is 272 g/mol. The Morgan fingerprint density at radius 2 is 2.15 bits per heavy atom. The molecule has 0 aromatic carbocycles. The maximum Gasteiger partial charge on any atom is 0.224 e. The van der Waals surface area contributed by atoms with Crippen LogP contribution in [0, 0.1) is 5.92 Å². The predicted octanol–water partition coefficient (Wildman–Crippen LogP) is 3.21. The summed E-state index contributed by atoms with van der Waals surface area (Å²) < 4.78 is 0. The van der Waals surface area contributed by atoms with Crippen LogP contribution in [0.4, 0.5) is 0 Å². The molecule has 1 aliphatic rings. The fraction of sp³-hybridized carbons (Fsp3) is 0.353. The van der Waals surface area contributed by atoms with E-state index >= 15 is 0 Å². The van der Waals surface area contributed by atoms with Crippen LogP contribution in [-0.2, 0) is 4.79 Å². The second-order valence-corrected chi connectivity index (χ2v) is 5.17. The van der Waals surface area contributed by atoms with Crippen LogP contribution >= 0.6 is 0 Å². The normalized spacial score (nSPS) is 20.6. The van der Waals surface area contributed by atoms with E-state index in [2.05, 4.69) is 50.3 Å². The predicted molar refractivity (Wildman–Crippen MR) is 84.8 cm³/mol. The molecule has 1 atom stereocenters. The Morgan fingerprint density at radius 1 is 1.45 bits per heavy atom. The van der Waals surface area contributed by atoms with Crippen LogP contribution in [0.2, 0.25) is 0 Å². The van der Waals surface area contributed by atoms with E-state index < -0.39 is 0 Å². The molecule has 0 aromatic heterocycles. The summed E-state index contributed by atoms with van der Waals surface area (Å²) in [5, 5.41) is 6.15. The first-order valence-corrected chi connectivity index (χ1v) is 6.89. The molecule has 1 amide bonds. The van der Waals surface area contributed by atoms with Crippen molar-refractivity contribution in [2.75, 3.05) is 0 Å². The van der Waals surface area contributed by atoms with Crippen molar-refractivity contribution < 1.29 is 4.79 Å². The van der Waals surface area contributed by atoms with Crippen molar-refractivity contribution in [2.24, 2.45) is 5.92 Å². The highest BCUT2D eigenvalue weighted by molar-refractivity contribution is 5.79. The van der Waals surface area contributed by atoms with Gasteiger partial charge in [-0.05, 0) is 30.1 Å². The van der Waals surface area contributed by atoms with Crippen molar-refractivity contribution in [3.8, 4) is 0 Å². The number of carbonyl (C=O) groups excluding carboxylic acids is 1. The highest BCUT2D eigenvalue weighted by Gasteiger charge is 2.21. The van der Waals surface area contributed by atoms with E-state index in [1.807, 2.05) is 6.08 Å². The van der Waals surface area contributed by atoms with E-state index in [9.17, 15) is 4.79 Å². The molecule has 0 saturated carbocycles. The van der Waals surface area contributed by atoms with Crippen molar-refractivity contribution >= 4 is 5.91 Å². The van der Waals surface area contributed by atoms with Crippen LogP contribution in [-0.4, -0.2) is 11.9 Å². The largest absolute Gasteiger partial charge is 0.377 e. The standard InChI is InChI=1S/C17H24N2O/c1-6-8-14(12(3)4)11-15(7-2)19-16-9-10-17(20)18-13(16)5/h6-8,11-12,16,19H,1-2,5,9-10H2,3-4H3,(H,18,20)/b14-8+,15-11+. The lowest BCUT2D eigenvalue weighted by Crippen LogP contribution is -2.42. The number of nitrogens with one attached hydrogen (secondary N) is 2. The molecule has 20 heavy (non-hydrogen) atoms. The minimum Gasteiger partial charge on any atom is -0.377 e. The van der Waals surface area contributed by atoms with Gasteiger partial charge in [0.1, 0.15) is 0 Å². The number of piperidine rings is 1. The summed E-state index contributed by atoms with van der Waals surface area (Å²) in [5.74, 6) is 0.436. The fourth-order valence-corrected chi connectivity index (χ4v) is 2.02. The van der Waals surface area contributed by atoms with Crippen LogP contribution in [0.15, 0.2) is 61.0 Å². The Labute approximate surface area is 121 Å². The third-order valence-electron chi connectivity index (χ3n) is 3.24. The van der Waals surface area contributed by atoms with E-state index in [4.69, 9.17) is 0 Å². The van der Waals surface area contributed by atoms with Gasteiger partial charge in [-0.2, -0.15) is 0 Å². The van der Waals surface area contributed by atoms with Crippen molar-refractivity contribution in [3.63, 3.8) is 0 Å². The second kappa shape index (κ2) is 7.53. The molecule has 1 rings (SSSR count). The number of carbonyl (C=O) groups is 1. The van der Waals surface area contributed by atoms with E-state index in [-0.39, 0.29) is 11.9 Å². The lowest BCUT2D eigenvalue weighted by atomic mass is 10.00. The molecule has 0 spiro atoms. The number of hydrogen-bond acceptors (Lipinski definition) is 2. The van der Waals surface area contributed by atoms with Gasteiger partial charge in [-0.1, -0.05) is 45.7 Å². The molecule has 1 heterocycles. The van der Waals surface area contributed by atoms with Crippen molar-refractivity contribution in [3.05, 3.63) is 61.0 Å². The first kappa shape index (κ1) is 16.0. The van der Waals surface area contributed by atoms with Gasteiger partial charge < -0.3 is 10.6 Å². The third kappa shape index (κ3) is 4.57. The summed E-state index contributed by atoms with van der Waals surface area (Å²) in [6.45, 7) is 15.7. The summed E-state index contributed by atoms with van der Waals surface area (Å²) in [7, 11) is 0. The molecule has 1 aliphatic heterocycles. The second-order valence-electron chi connectivity index (χ2n) is 5.17. The van der Waals surface area contributed by atoms with E-state index in [1.165, 1.54) is 5.57 Å². The Bertz CT molecular complexity index is 469. The zero-order valence-corrected chi connectivity index (χ0v) is 12.4. The number of amides is 1. The maximum atomic E-state index is 11.3. The number of hydrogen-bond donors (Lipinski definition) is 2. The molecule has 0 bridgehead atoms. The minimum absolute atomic E-state index is 0.0339. The lowest BCUT2D eigenvalue weighted by Gasteiger charge is -2.27. The molecule has 108 valence electrons. The molecule has 3 nitrogen and oxygen atoms in total. The molecular weight excluding hydrogens is 248 g/mol. The molecule has 1 fully saturated rings. The van der Waals surface area contributed by atoms with Gasteiger partial charge in [0.15, 0.2) is 0 Å². The molecule has 0 radical (unpaired) electrons. The average molecular weight is 272 g/mol. The van der Waals surface area contributed by atoms with Crippen LogP contribution in [0.5, 0.6) is 0 Å². The van der Waals surface area contributed by atoms with Gasteiger partial charge >= 0.3 is 0 Å². The van der Waals surface area contributed by atoms with Crippen molar-refractivity contribution in [1.82, 2.24) is 10.6 Å². The van der Waals surface area contributed by atoms with Gasteiger partial charge in [0.05, 0.1) is 6.04 Å². The van der Waals surface area contributed by atoms with Gasteiger partial charge in [0.25, 0.3) is 0 Å². The molecular formula is C17H24N2O. The van der Waals surface area contributed by atoms with Crippen LogP contribution < -0.4 is 10.6 Å². The molecule has 1 saturated heterocycles. The first-order valence-electron chi connectivity index (χ1n) is 6.89. The van der Waals surface area contributed by atoms with Crippen molar-refractivity contribution in [1.29, 1.82) is 0 Å². The molecule has 0 aromatic rings. The Morgan fingerprint density at radius 3 is 2.65 bits per heavy atom. The van der Waals surface area contributed by atoms with E-state index in [0.717, 1.165) is 12.1 Å².